The van der Waals surface area contributed by atoms with Crippen molar-refractivity contribution in [1.29, 1.82) is 0 Å². The first-order chi connectivity index (χ1) is 8.33. The summed E-state index contributed by atoms with van der Waals surface area (Å²) in [5.41, 5.74) is 2.86. The van der Waals surface area contributed by atoms with Gasteiger partial charge in [0.25, 0.3) is 0 Å². The largest absolute Gasteiger partial charge is 0.345 e. The lowest BCUT2D eigenvalue weighted by Gasteiger charge is -2.25. The van der Waals surface area contributed by atoms with Crippen molar-refractivity contribution in [1.82, 2.24) is 9.97 Å². The van der Waals surface area contributed by atoms with Gasteiger partial charge in [0, 0.05) is 17.0 Å². The lowest BCUT2D eigenvalue weighted by Crippen LogP contribution is -2.20. The van der Waals surface area contributed by atoms with Crippen LogP contribution in [0.5, 0.6) is 0 Å². The molecule has 0 bridgehead atoms. The van der Waals surface area contributed by atoms with Gasteiger partial charge in [-0.3, -0.25) is 0 Å². The van der Waals surface area contributed by atoms with Crippen LogP contribution in [0.3, 0.4) is 0 Å². The highest BCUT2D eigenvalue weighted by Gasteiger charge is 2.28. The van der Waals surface area contributed by atoms with E-state index in [0.29, 0.717) is 11.8 Å². The van der Waals surface area contributed by atoms with Crippen LogP contribution in [-0.4, -0.2) is 9.97 Å². The van der Waals surface area contributed by atoms with Crippen molar-refractivity contribution in [2.75, 3.05) is 0 Å². The highest BCUT2D eigenvalue weighted by Crippen LogP contribution is 2.34. The molecule has 0 saturated heterocycles. The number of H-pyrrole nitrogens is 1. The van der Waals surface area contributed by atoms with E-state index in [4.69, 9.17) is 4.98 Å². The maximum Gasteiger partial charge on any atom is 0.109 e. The van der Waals surface area contributed by atoms with Gasteiger partial charge in [0.15, 0.2) is 0 Å². The number of imidazole rings is 1. The molecule has 2 heteroatoms. The zero-order valence-electron chi connectivity index (χ0n) is 13.2. The molecular weight excluding hydrogens is 220 g/mol. The summed E-state index contributed by atoms with van der Waals surface area (Å²) in [5, 5.41) is 0. The molecule has 0 fully saturated rings. The fraction of sp³-hybridized carbons (Fsp3) is 0.812. The molecule has 0 saturated carbocycles. The van der Waals surface area contributed by atoms with E-state index in [1.807, 2.05) is 0 Å². The molecule has 18 heavy (non-hydrogen) atoms. The van der Waals surface area contributed by atoms with Crippen LogP contribution in [0.25, 0.3) is 0 Å². The molecule has 1 rings (SSSR count). The van der Waals surface area contributed by atoms with Crippen LogP contribution in [-0.2, 0) is 5.41 Å². The lowest BCUT2D eigenvalue weighted by molar-refractivity contribution is 0.452. The molecule has 1 N–H and O–H groups in total. The summed E-state index contributed by atoms with van der Waals surface area (Å²) in [6, 6.07) is 0. The predicted molar refractivity (Wildman–Crippen MR) is 79.3 cm³/mol. The molecule has 1 aromatic heterocycles. The minimum atomic E-state index is 0.202. The number of aromatic nitrogens is 2. The summed E-state index contributed by atoms with van der Waals surface area (Å²) in [5.74, 6) is 2.16. The number of nitrogens with one attached hydrogen (secondary N) is 1. The Morgan fingerprint density at radius 1 is 1.17 bits per heavy atom. The Morgan fingerprint density at radius 2 is 1.78 bits per heavy atom. The number of hydrogen-bond donors (Lipinski definition) is 1. The van der Waals surface area contributed by atoms with E-state index in [-0.39, 0.29) is 5.41 Å². The number of rotatable bonds is 6. The zero-order valence-corrected chi connectivity index (χ0v) is 13.2. The Kier molecular flexibility index (Phi) is 5.01. The van der Waals surface area contributed by atoms with E-state index >= 15 is 0 Å². The van der Waals surface area contributed by atoms with Crippen LogP contribution in [0.1, 0.15) is 96.8 Å². The maximum atomic E-state index is 4.87. The SMILES string of the molecule is CCCC(C)(C)c1[nH]c(C(C)C)nc1C(C)CC. The van der Waals surface area contributed by atoms with Gasteiger partial charge in [-0.05, 0) is 18.8 Å². The fourth-order valence-electron chi connectivity index (χ4n) is 2.50. The van der Waals surface area contributed by atoms with E-state index in [9.17, 15) is 0 Å². The second-order valence-electron chi connectivity index (χ2n) is 6.48. The first-order valence-corrected chi connectivity index (χ1v) is 7.43. The third-order valence-electron chi connectivity index (χ3n) is 3.93. The highest BCUT2D eigenvalue weighted by molar-refractivity contribution is 5.26. The van der Waals surface area contributed by atoms with Crippen LogP contribution in [0.2, 0.25) is 0 Å². The molecule has 0 aromatic carbocycles. The molecule has 0 aliphatic carbocycles. The summed E-state index contributed by atoms with van der Waals surface area (Å²) in [7, 11) is 0. The second kappa shape index (κ2) is 5.90. The van der Waals surface area contributed by atoms with E-state index in [2.05, 4.69) is 53.5 Å². The van der Waals surface area contributed by atoms with E-state index in [1.165, 1.54) is 24.2 Å². The molecule has 0 aliphatic heterocycles. The van der Waals surface area contributed by atoms with E-state index < -0.39 is 0 Å². The fourth-order valence-corrected chi connectivity index (χ4v) is 2.50. The smallest absolute Gasteiger partial charge is 0.109 e. The standard InChI is InChI=1S/C16H30N2/c1-8-10-16(6,7)14-13(12(5)9-2)17-15(18-14)11(3)4/h11-12H,8-10H2,1-7H3,(H,17,18). The van der Waals surface area contributed by atoms with Gasteiger partial charge in [0.1, 0.15) is 5.82 Å². The average molecular weight is 250 g/mol. The number of nitrogens with zero attached hydrogens (tertiary/aromatic N) is 1. The summed E-state index contributed by atoms with van der Waals surface area (Å²) < 4.78 is 0. The van der Waals surface area contributed by atoms with Crippen molar-refractivity contribution in [2.45, 2.75) is 85.0 Å². The van der Waals surface area contributed by atoms with Gasteiger partial charge in [-0.1, -0.05) is 54.9 Å². The van der Waals surface area contributed by atoms with Gasteiger partial charge in [-0.15, -0.1) is 0 Å². The van der Waals surface area contributed by atoms with Crippen molar-refractivity contribution >= 4 is 0 Å². The highest BCUT2D eigenvalue weighted by atomic mass is 15.0. The molecule has 0 aliphatic rings. The van der Waals surface area contributed by atoms with E-state index in [1.54, 1.807) is 0 Å². The molecule has 2 nitrogen and oxygen atoms in total. The summed E-state index contributed by atoms with van der Waals surface area (Å²) in [6.07, 6.45) is 3.57. The Labute approximate surface area is 113 Å². The molecule has 0 amide bonds. The normalized spacial score (nSPS) is 14.2. The third kappa shape index (κ3) is 3.15. The minimum Gasteiger partial charge on any atom is -0.345 e. The van der Waals surface area contributed by atoms with Crippen LogP contribution in [0, 0.1) is 0 Å². The minimum absolute atomic E-state index is 0.202. The second-order valence-corrected chi connectivity index (χ2v) is 6.48. The average Bonchev–Trinajstić information content (AvgIpc) is 2.73. The summed E-state index contributed by atoms with van der Waals surface area (Å²) in [6.45, 7) is 15.9. The van der Waals surface area contributed by atoms with Crippen LogP contribution in [0.4, 0.5) is 0 Å². The molecule has 1 atom stereocenters. The van der Waals surface area contributed by atoms with Gasteiger partial charge < -0.3 is 4.98 Å². The van der Waals surface area contributed by atoms with Gasteiger partial charge in [-0.25, -0.2) is 4.98 Å². The molecule has 0 radical (unpaired) electrons. The number of hydrogen-bond acceptors (Lipinski definition) is 1. The van der Waals surface area contributed by atoms with Crippen molar-refractivity contribution < 1.29 is 0 Å². The van der Waals surface area contributed by atoms with Crippen molar-refractivity contribution in [3.8, 4) is 0 Å². The first kappa shape index (κ1) is 15.3. The Hall–Kier alpha value is -0.790. The van der Waals surface area contributed by atoms with Crippen molar-refractivity contribution in [3.63, 3.8) is 0 Å². The Balaban J connectivity index is 3.23. The van der Waals surface area contributed by atoms with Crippen LogP contribution in [0.15, 0.2) is 0 Å². The molecule has 1 aromatic rings. The molecule has 0 spiro atoms. The molecule has 1 heterocycles. The van der Waals surface area contributed by atoms with Crippen molar-refractivity contribution in [2.24, 2.45) is 0 Å². The van der Waals surface area contributed by atoms with Crippen LogP contribution < -0.4 is 0 Å². The Morgan fingerprint density at radius 3 is 2.22 bits per heavy atom. The van der Waals surface area contributed by atoms with Gasteiger partial charge in [0.2, 0.25) is 0 Å². The van der Waals surface area contributed by atoms with Crippen molar-refractivity contribution in [3.05, 3.63) is 17.2 Å². The van der Waals surface area contributed by atoms with Crippen LogP contribution >= 0.6 is 0 Å². The van der Waals surface area contributed by atoms with Gasteiger partial charge in [-0.2, -0.15) is 0 Å². The van der Waals surface area contributed by atoms with Gasteiger partial charge >= 0.3 is 0 Å². The summed E-state index contributed by atoms with van der Waals surface area (Å²) >= 11 is 0. The lowest BCUT2D eigenvalue weighted by atomic mass is 9.81. The summed E-state index contributed by atoms with van der Waals surface area (Å²) in [4.78, 5) is 8.48. The topological polar surface area (TPSA) is 28.7 Å². The zero-order chi connectivity index (χ0) is 13.9. The number of aromatic amines is 1. The maximum absolute atomic E-state index is 4.87. The molecule has 104 valence electrons. The molecule has 1 unspecified atom stereocenters. The quantitative estimate of drug-likeness (QED) is 0.745. The molecular formula is C16H30N2. The monoisotopic (exact) mass is 250 g/mol. The van der Waals surface area contributed by atoms with E-state index in [0.717, 1.165) is 12.2 Å². The Bertz CT molecular complexity index is 374. The third-order valence-corrected chi connectivity index (χ3v) is 3.93. The first-order valence-electron chi connectivity index (χ1n) is 7.43. The van der Waals surface area contributed by atoms with Gasteiger partial charge in [0.05, 0.1) is 5.69 Å². The predicted octanol–water partition coefficient (Wildman–Crippen LogP) is 5.12.